The predicted molar refractivity (Wildman–Crippen MR) is 85.9 cm³/mol. The number of thioether (sulfide) groups is 1. The minimum atomic E-state index is 0.102. The number of hydrogen-bond acceptors (Lipinski definition) is 3. The Labute approximate surface area is 125 Å². The second kappa shape index (κ2) is 8.10. The molecule has 2 N–H and O–H groups in total. The first-order valence-electron chi connectivity index (χ1n) is 6.90. The van der Waals surface area contributed by atoms with Crippen molar-refractivity contribution in [1.82, 2.24) is 5.32 Å². The minimum Gasteiger partial charge on any atom is -0.392 e. The van der Waals surface area contributed by atoms with Crippen LogP contribution in [-0.4, -0.2) is 17.4 Å². The van der Waals surface area contributed by atoms with E-state index < -0.39 is 0 Å². The zero-order valence-corrected chi connectivity index (χ0v) is 12.6. The van der Waals surface area contributed by atoms with E-state index in [1.54, 1.807) is 0 Å². The van der Waals surface area contributed by atoms with Gasteiger partial charge < -0.3 is 10.4 Å². The van der Waals surface area contributed by atoms with E-state index in [1.807, 2.05) is 30.0 Å². The predicted octanol–water partition coefficient (Wildman–Crippen LogP) is 3.62. The van der Waals surface area contributed by atoms with Crippen molar-refractivity contribution < 1.29 is 5.11 Å². The van der Waals surface area contributed by atoms with Gasteiger partial charge in [-0.25, -0.2) is 0 Å². The van der Waals surface area contributed by atoms with Gasteiger partial charge in [0.1, 0.15) is 0 Å². The largest absolute Gasteiger partial charge is 0.392 e. The Balaban J connectivity index is 1.76. The molecule has 0 spiro atoms. The topological polar surface area (TPSA) is 32.3 Å². The highest BCUT2D eigenvalue weighted by atomic mass is 32.2. The number of benzene rings is 2. The lowest BCUT2D eigenvalue weighted by Crippen LogP contribution is -2.21. The van der Waals surface area contributed by atoms with Gasteiger partial charge in [0, 0.05) is 23.2 Å². The Morgan fingerprint density at radius 3 is 2.65 bits per heavy atom. The standard InChI is InChI=1S/C17H21NOS/c1-14(16-7-5-6-15(12-16)13-19)18-10-11-20-17-8-3-2-4-9-17/h2-9,12,14,18-19H,10-11,13H2,1H3. The second-order valence-electron chi connectivity index (χ2n) is 4.74. The third kappa shape index (κ3) is 4.67. The molecule has 3 heteroatoms. The first kappa shape index (κ1) is 15.1. The van der Waals surface area contributed by atoms with Gasteiger partial charge in [-0.15, -0.1) is 11.8 Å². The van der Waals surface area contributed by atoms with Crippen LogP contribution in [0.1, 0.15) is 24.1 Å². The molecule has 0 saturated heterocycles. The number of aliphatic hydroxyl groups is 1. The van der Waals surface area contributed by atoms with Crippen LogP contribution < -0.4 is 5.32 Å². The fourth-order valence-electron chi connectivity index (χ4n) is 2.04. The molecule has 1 atom stereocenters. The molecule has 1 unspecified atom stereocenters. The molecule has 20 heavy (non-hydrogen) atoms. The summed E-state index contributed by atoms with van der Waals surface area (Å²) in [5.74, 6) is 1.05. The van der Waals surface area contributed by atoms with Crippen LogP contribution in [0.2, 0.25) is 0 Å². The lowest BCUT2D eigenvalue weighted by Gasteiger charge is -2.15. The molecule has 0 aliphatic carbocycles. The zero-order valence-electron chi connectivity index (χ0n) is 11.8. The van der Waals surface area contributed by atoms with Gasteiger partial charge in [0.2, 0.25) is 0 Å². The van der Waals surface area contributed by atoms with Gasteiger partial charge in [-0.3, -0.25) is 0 Å². The molecule has 0 aliphatic rings. The molecule has 0 bridgehead atoms. The lowest BCUT2D eigenvalue weighted by molar-refractivity contribution is 0.281. The fraction of sp³-hybridized carbons (Fsp3) is 0.294. The Morgan fingerprint density at radius 2 is 1.90 bits per heavy atom. The van der Waals surface area contributed by atoms with Crippen LogP contribution in [0.3, 0.4) is 0 Å². The van der Waals surface area contributed by atoms with Gasteiger partial charge >= 0.3 is 0 Å². The van der Waals surface area contributed by atoms with Crippen molar-refractivity contribution in [2.24, 2.45) is 0 Å². The van der Waals surface area contributed by atoms with Gasteiger partial charge in [0.15, 0.2) is 0 Å². The van der Waals surface area contributed by atoms with Crippen LogP contribution in [0.4, 0.5) is 0 Å². The van der Waals surface area contributed by atoms with E-state index in [0.29, 0.717) is 6.04 Å². The summed E-state index contributed by atoms with van der Waals surface area (Å²) in [6.45, 7) is 3.22. The molecule has 2 nitrogen and oxygen atoms in total. The van der Waals surface area contributed by atoms with E-state index in [4.69, 9.17) is 5.11 Å². The summed E-state index contributed by atoms with van der Waals surface area (Å²) in [5, 5.41) is 12.7. The Hall–Kier alpha value is -1.29. The summed E-state index contributed by atoms with van der Waals surface area (Å²) in [7, 11) is 0. The van der Waals surface area contributed by atoms with Crippen LogP contribution in [0, 0.1) is 0 Å². The summed E-state index contributed by atoms with van der Waals surface area (Å²) in [6, 6.07) is 18.9. The maximum Gasteiger partial charge on any atom is 0.0681 e. The lowest BCUT2D eigenvalue weighted by atomic mass is 10.1. The maximum atomic E-state index is 9.16. The minimum absolute atomic E-state index is 0.102. The van der Waals surface area contributed by atoms with E-state index in [2.05, 4.69) is 48.6 Å². The van der Waals surface area contributed by atoms with Crippen molar-refractivity contribution in [3.8, 4) is 0 Å². The SMILES string of the molecule is CC(NCCSc1ccccc1)c1cccc(CO)c1. The molecular formula is C17H21NOS. The molecule has 0 heterocycles. The van der Waals surface area contributed by atoms with Crippen LogP contribution in [-0.2, 0) is 6.61 Å². The van der Waals surface area contributed by atoms with E-state index in [0.717, 1.165) is 17.9 Å². The van der Waals surface area contributed by atoms with Crippen molar-refractivity contribution in [3.05, 3.63) is 65.7 Å². The second-order valence-corrected chi connectivity index (χ2v) is 5.91. The number of hydrogen-bond donors (Lipinski definition) is 2. The third-order valence-electron chi connectivity index (χ3n) is 3.20. The van der Waals surface area contributed by atoms with E-state index in [-0.39, 0.29) is 6.61 Å². The van der Waals surface area contributed by atoms with Crippen molar-refractivity contribution in [2.45, 2.75) is 24.5 Å². The number of rotatable bonds is 7. The number of nitrogens with one attached hydrogen (secondary N) is 1. The summed E-state index contributed by atoms with van der Waals surface area (Å²) in [6.07, 6.45) is 0. The molecule has 2 aromatic rings. The van der Waals surface area contributed by atoms with Crippen molar-refractivity contribution >= 4 is 11.8 Å². The monoisotopic (exact) mass is 287 g/mol. The summed E-state index contributed by atoms with van der Waals surface area (Å²) < 4.78 is 0. The molecule has 0 amide bonds. The van der Waals surface area contributed by atoms with E-state index >= 15 is 0 Å². The molecule has 0 saturated carbocycles. The third-order valence-corrected chi connectivity index (χ3v) is 4.21. The molecule has 0 aliphatic heterocycles. The highest BCUT2D eigenvalue weighted by Gasteiger charge is 2.05. The van der Waals surface area contributed by atoms with Crippen molar-refractivity contribution in [1.29, 1.82) is 0 Å². The molecule has 2 rings (SSSR count). The maximum absolute atomic E-state index is 9.16. The Morgan fingerprint density at radius 1 is 1.10 bits per heavy atom. The highest BCUT2D eigenvalue weighted by molar-refractivity contribution is 7.99. The number of aliphatic hydroxyl groups excluding tert-OH is 1. The summed E-state index contributed by atoms with van der Waals surface area (Å²) in [4.78, 5) is 1.31. The molecule has 106 valence electrons. The van der Waals surface area contributed by atoms with E-state index in [1.165, 1.54) is 10.5 Å². The zero-order chi connectivity index (χ0) is 14.2. The average molecular weight is 287 g/mol. The van der Waals surface area contributed by atoms with Crippen molar-refractivity contribution in [2.75, 3.05) is 12.3 Å². The molecular weight excluding hydrogens is 266 g/mol. The molecule has 0 aromatic heterocycles. The quantitative estimate of drug-likeness (QED) is 0.602. The molecule has 0 radical (unpaired) electrons. The summed E-state index contributed by atoms with van der Waals surface area (Å²) in [5.41, 5.74) is 2.19. The van der Waals surface area contributed by atoms with Crippen LogP contribution >= 0.6 is 11.8 Å². The molecule has 2 aromatic carbocycles. The molecule has 0 fully saturated rings. The first-order chi connectivity index (χ1) is 9.79. The van der Waals surface area contributed by atoms with Crippen LogP contribution in [0.25, 0.3) is 0 Å². The van der Waals surface area contributed by atoms with Crippen molar-refractivity contribution in [3.63, 3.8) is 0 Å². The van der Waals surface area contributed by atoms with Gasteiger partial charge in [0.25, 0.3) is 0 Å². The average Bonchev–Trinajstić information content (AvgIpc) is 2.52. The Kier molecular flexibility index (Phi) is 6.12. The van der Waals surface area contributed by atoms with Gasteiger partial charge in [0.05, 0.1) is 6.61 Å². The smallest absolute Gasteiger partial charge is 0.0681 e. The highest BCUT2D eigenvalue weighted by Crippen LogP contribution is 2.17. The first-order valence-corrected chi connectivity index (χ1v) is 7.89. The fourth-order valence-corrected chi connectivity index (χ4v) is 2.84. The van der Waals surface area contributed by atoms with Gasteiger partial charge in [-0.1, -0.05) is 42.5 Å². The summed E-state index contributed by atoms with van der Waals surface area (Å²) >= 11 is 1.86. The van der Waals surface area contributed by atoms with Gasteiger partial charge in [-0.05, 0) is 30.2 Å². The normalized spacial score (nSPS) is 12.3. The Bertz CT molecular complexity index is 515. The van der Waals surface area contributed by atoms with Crippen LogP contribution in [0.15, 0.2) is 59.5 Å². The van der Waals surface area contributed by atoms with Crippen LogP contribution in [0.5, 0.6) is 0 Å². The van der Waals surface area contributed by atoms with E-state index in [9.17, 15) is 0 Å². The van der Waals surface area contributed by atoms with Gasteiger partial charge in [-0.2, -0.15) is 0 Å².